The van der Waals surface area contributed by atoms with E-state index in [2.05, 4.69) is 5.32 Å². The minimum absolute atomic E-state index is 0.0366. The fourth-order valence-electron chi connectivity index (χ4n) is 2.79. The monoisotopic (exact) mass is 290 g/mol. The highest BCUT2D eigenvalue weighted by atomic mass is 16.5. The third kappa shape index (κ3) is 4.46. The highest BCUT2D eigenvalue weighted by molar-refractivity contribution is 5.81. The fraction of sp³-hybridized carbons (Fsp3) is 0.588. The summed E-state index contributed by atoms with van der Waals surface area (Å²) in [5, 5.41) is 3.09. The van der Waals surface area contributed by atoms with E-state index >= 15 is 0 Å². The Hall–Kier alpha value is -1.55. The quantitative estimate of drug-likeness (QED) is 0.876. The minimum Gasteiger partial charge on any atom is -0.481 e. The number of benzene rings is 1. The van der Waals surface area contributed by atoms with E-state index in [1.165, 1.54) is 19.3 Å². The van der Waals surface area contributed by atoms with Crippen molar-refractivity contribution in [2.24, 2.45) is 5.73 Å². The van der Waals surface area contributed by atoms with E-state index < -0.39 is 6.10 Å². The molecule has 1 fully saturated rings. The fourth-order valence-corrected chi connectivity index (χ4v) is 2.79. The second-order valence-corrected chi connectivity index (χ2v) is 5.92. The van der Waals surface area contributed by atoms with Crippen molar-refractivity contribution < 1.29 is 9.53 Å². The summed E-state index contributed by atoms with van der Waals surface area (Å²) in [5.41, 5.74) is 7.82. The van der Waals surface area contributed by atoms with Crippen molar-refractivity contribution in [2.45, 2.75) is 64.6 Å². The van der Waals surface area contributed by atoms with Gasteiger partial charge < -0.3 is 15.8 Å². The Balaban J connectivity index is 1.93. The van der Waals surface area contributed by atoms with E-state index in [0.29, 0.717) is 18.3 Å². The van der Waals surface area contributed by atoms with Crippen LogP contribution < -0.4 is 15.8 Å². The van der Waals surface area contributed by atoms with Crippen molar-refractivity contribution in [1.82, 2.24) is 5.32 Å². The molecule has 0 aromatic heterocycles. The zero-order valence-corrected chi connectivity index (χ0v) is 13.0. The average Bonchev–Trinajstić information content (AvgIpc) is 2.49. The van der Waals surface area contributed by atoms with E-state index in [0.717, 1.165) is 24.0 Å². The summed E-state index contributed by atoms with van der Waals surface area (Å²) in [6.45, 7) is 4.22. The van der Waals surface area contributed by atoms with Gasteiger partial charge in [0.1, 0.15) is 5.75 Å². The summed E-state index contributed by atoms with van der Waals surface area (Å²) in [4.78, 5) is 12.2. The van der Waals surface area contributed by atoms with Crippen LogP contribution in [0.4, 0.5) is 0 Å². The second-order valence-electron chi connectivity index (χ2n) is 5.92. The van der Waals surface area contributed by atoms with Gasteiger partial charge in [0, 0.05) is 18.2 Å². The van der Waals surface area contributed by atoms with Crippen LogP contribution in [0.5, 0.6) is 5.75 Å². The maximum atomic E-state index is 12.2. The maximum Gasteiger partial charge on any atom is 0.260 e. The molecule has 0 spiro atoms. The van der Waals surface area contributed by atoms with Gasteiger partial charge >= 0.3 is 0 Å². The van der Waals surface area contributed by atoms with Gasteiger partial charge in [0.05, 0.1) is 0 Å². The molecule has 1 atom stereocenters. The number of nitrogens with one attached hydrogen (secondary N) is 1. The van der Waals surface area contributed by atoms with E-state index in [1.54, 1.807) is 6.92 Å². The molecule has 0 saturated heterocycles. The lowest BCUT2D eigenvalue weighted by Gasteiger charge is -2.25. The molecule has 1 aromatic rings. The first-order valence-corrected chi connectivity index (χ1v) is 7.86. The van der Waals surface area contributed by atoms with Gasteiger partial charge in [-0.2, -0.15) is 0 Å². The molecule has 0 heterocycles. The first kappa shape index (κ1) is 15.8. The van der Waals surface area contributed by atoms with Crippen LogP contribution in [-0.2, 0) is 11.3 Å². The largest absolute Gasteiger partial charge is 0.481 e. The normalized spacial score (nSPS) is 17.3. The lowest BCUT2D eigenvalue weighted by molar-refractivity contribution is -0.128. The molecule has 4 heteroatoms. The molecule has 0 aliphatic heterocycles. The molecule has 2 rings (SSSR count). The predicted octanol–water partition coefficient (Wildman–Crippen LogP) is 2.67. The van der Waals surface area contributed by atoms with Gasteiger partial charge in [-0.25, -0.2) is 0 Å². The van der Waals surface area contributed by atoms with Crippen LogP contribution in [0.25, 0.3) is 0 Å². The van der Waals surface area contributed by atoms with E-state index in [4.69, 9.17) is 10.5 Å². The van der Waals surface area contributed by atoms with Crippen LogP contribution in [0.2, 0.25) is 0 Å². The minimum atomic E-state index is -0.500. The second kappa shape index (κ2) is 7.46. The molecule has 116 valence electrons. The third-order valence-electron chi connectivity index (χ3n) is 4.06. The van der Waals surface area contributed by atoms with Crippen molar-refractivity contribution in [3.63, 3.8) is 0 Å². The van der Waals surface area contributed by atoms with E-state index in [-0.39, 0.29) is 5.91 Å². The Kier molecular flexibility index (Phi) is 5.62. The summed E-state index contributed by atoms with van der Waals surface area (Å²) in [6.07, 6.45) is 5.35. The van der Waals surface area contributed by atoms with Crippen LogP contribution in [0.1, 0.15) is 50.2 Å². The molecule has 1 unspecified atom stereocenters. The zero-order chi connectivity index (χ0) is 15.2. The van der Waals surface area contributed by atoms with Crippen LogP contribution in [0, 0.1) is 6.92 Å². The Morgan fingerprint density at radius 3 is 2.76 bits per heavy atom. The summed E-state index contributed by atoms with van der Waals surface area (Å²) in [6, 6.07) is 6.17. The number of hydrogen-bond acceptors (Lipinski definition) is 3. The third-order valence-corrected chi connectivity index (χ3v) is 4.06. The van der Waals surface area contributed by atoms with Crippen molar-refractivity contribution in [1.29, 1.82) is 0 Å². The van der Waals surface area contributed by atoms with Gasteiger partial charge in [-0.1, -0.05) is 37.0 Å². The first-order chi connectivity index (χ1) is 10.1. The number of aryl methyl sites for hydroxylation is 1. The molecule has 1 amide bonds. The number of rotatable bonds is 5. The molecule has 21 heavy (non-hydrogen) atoms. The van der Waals surface area contributed by atoms with Gasteiger partial charge in [0.2, 0.25) is 0 Å². The molecular weight excluding hydrogens is 264 g/mol. The molecular formula is C17H26N2O2. The number of nitrogens with two attached hydrogens (primary N) is 1. The molecule has 0 radical (unpaired) electrons. The summed E-state index contributed by atoms with van der Waals surface area (Å²) < 4.78 is 5.80. The van der Waals surface area contributed by atoms with Crippen LogP contribution in [-0.4, -0.2) is 18.1 Å². The van der Waals surface area contributed by atoms with Gasteiger partial charge in [-0.05, 0) is 32.8 Å². The number of hydrogen-bond donors (Lipinski definition) is 2. The molecule has 1 aliphatic rings. The molecule has 1 saturated carbocycles. The average molecular weight is 290 g/mol. The van der Waals surface area contributed by atoms with Crippen molar-refractivity contribution in [3.8, 4) is 5.75 Å². The lowest BCUT2D eigenvalue weighted by atomic mass is 9.95. The highest BCUT2D eigenvalue weighted by Gasteiger charge is 2.21. The van der Waals surface area contributed by atoms with Crippen molar-refractivity contribution >= 4 is 5.91 Å². The maximum absolute atomic E-state index is 12.2. The molecule has 3 N–H and O–H groups in total. The van der Waals surface area contributed by atoms with Gasteiger partial charge in [0.25, 0.3) is 5.91 Å². The van der Waals surface area contributed by atoms with Gasteiger partial charge in [-0.15, -0.1) is 0 Å². The standard InChI is InChI=1S/C17H26N2O2/c1-12-8-9-16(14(10-12)11-18)21-13(2)17(20)19-15-6-4-3-5-7-15/h8-10,13,15H,3-7,11,18H2,1-2H3,(H,19,20). The Morgan fingerprint density at radius 2 is 2.10 bits per heavy atom. The Bertz CT molecular complexity index is 482. The number of amides is 1. The van der Waals surface area contributed by atoms with Crippen LogP contribution in [0.15, 0.2) is 18.2 Å². The topological polar surface area (TPSA) is 64.3 Å². The van der Waals surface area contributed by atoms with Gasteiger partial charge in [-0.3, -0.25) is 4.79 Å². The zero-order valence-electron chi connectivity index (χ0n) is 13.0. The van der Waals surface area contributed by atoms with Crippen LogP contribution >= 0.6 is 0 Å². The lowest BCUT2D eigenvalue weighted by Crippen LogP contribution is -2.43. The SMILES string of the molecule is Cc1ccc(OC(C)C(=O)NC2CCCCC2)c(CN)c1. The smallest absolute Gasteiger partial charge is 0.260 e. The van der Waals surface area contributed by atoms with Crippen LogP contribution in [0.3, 0.4) is 0 Å². The highest BCUT2D eigenvalue weighted by Crippen LogP contribution is 2.21. The molecule has 1 aliphatic carbocycles. The summed E-state index contributed by atoms with van der Waals surface area (Å²) in [7, 11) is 0. The molecule has 0 bridgehead atoms. The first-order valence-electron chi connectivity index (χ1n) is 7.86. The summed E-state index contributed by atoms with van der Waals surface area (Å²) >= 11 is 0. The predicted molar refractivity (Wildman–Crippen MR) is 84.2 cm³/mol. The Morgan fingerprint density at radius 1 is 1.38 bits per heavy atom. The van der Waals surface area contributed by atoms with Crippen molar-refractivity contribution in [3.05, 3.63) is 29.3 Å². The number of ether oxygens (including phenoxy) is 1. The number of carbonyl (C=O) groups is 1. The number of carbonyl (C=O) groups excluding carboxylic acids is 1. The van der Waals surface area contributed by atoms with E-state index in [1.807, 2.05) is 25.1 Å². The molecule has 1 aromatic carbocycles. The van der Waals surface area contributed by atoms with Gasteiger partial charge in [0.15, 0.2) is 6.10 Å². The summed E-state index contributed by atoms with van der Waals surface area (Å²) in [5.74, 6) is 0.667. The van der Waals surface area contributed by atoms with E-state index in [9.17, 15) is 4.79 Å². The van der Waals surface area contributed by atoms with Crippen molar-refractivity contribution in [2.75, 3.05) is 0 Å². The Labute approximate surface area is 127 Å². The molecule has 4 nitrogen and oxygen atoms in total.